The molecule has 1 aliphatic rings. The summed E-state index contributed by atoms with van der Waals surface area (Å²) in [6.45, 7) is 1.23. The van der Waals surface area contributed by atoms with Crippen LogP contribution in [0.1, 0.15) is 46.7 Å². The number of rotatable bonds is 3. The van der Waals surface area contributed by atoms with Crippen LogP contribution in [0.4, 0.5) is 0 Å². The Labute approximate surface area is 125 Å². The van der Waals surface area contributed by atoms with Crippen LogP contribution in [0.5, 0.6) is 0 Å². The summed E-state index contributed by atoms with van der Waals surface area (Å²) in [5.74, 6) is 6.58. The van der Waals surface area contributed by atoms with Gasteiger partial charge >= 0.3 is 0 Å². The molecule has 0 saturated heterocycles. The molecule has 0 aromatic carbocycles. The van der Waals surface area contributed by atoms with E-state index in [1.54, 1.807) is 0 Å². The highest BCUT2D eigenvalue weighted by Gasteiger charge is 2.20. The highest BCUT2D eigenvalue weighted by Crippen LogP contribution is 2.25. The van der Waals surface area contributed by atoms with E-state index in [1.807, 2.05) is 24.1 Å². The molecule has 0 unspecified atom stereocenters. The Morgan fingerprint density at radius 3 is 2.85 bits per heavy atom. The number of thiophene rings is 1. The summed E-state index contributed by atoms with van der Waals surface area (Å²) in [5.41, 5.74) is 5.35. The van der Waals surface area contributed by atoms with Crippen LogP contribution in [-0.4, -0.2) is 30.9 Å². The second-order valence-electron chi connectivity index (χ2n) is 5.36. The van der Waals surface area contributed by atoms with Crippen molar-refractivity contribution in [2.45, 2.75) is 32.1 Å². The fourth-order valence-corrected chi connectivity index (χ4v) is 3.56. The largest absolute Gasteiger partial charge is 0.341 e. The molecule has 1 heterocycles. The van der Waals surface area contributed by atoms with Crippen LogP contribution in [0.3, 0.4) is 0 Å². The number of hydrogen-bond acceptors (Lipinski definition) is 3. The Morgan fingerprint density at radius 1 is 1.40 bits per heavy atom. The average molecular weight is 290 g/mol. The zero-order valence-corrected chi connectivity index (χ0v) is 12.8. The van der Waals surface area contributed by atoms with Gasteiger partial charge in [0.1, 0.15) is 0 Å². The topological polar surface area (TPSA) is 46.3 Å². The summed E-state index contributed by atoms with van der Waals surface area (Å²) < 4.78 is 0. The third-order valence-electron chi connectivity index (χ3n) is 3.73. The summed E-state index contributed by atoms with van der Waals surface area (Å²) in [4.78, 5) is 15.9. The van der Waals surface area contributed by atoms with Gasteiger partial charge in [0.2, 0.25) is 0 Å². The minimum atomic E-state index is 0.112. The van der Waals surface area contributed by atoms with E-state index >= 15 is 0 Å². The Bertz CT molecular complexity index is 506. The average Bonchev–Trinajstić information content (AvgIpc) is 2.94. The molecular weight excluding hydrogens is 268 g/mol. The molecule has 2 N–H and O–H groups in total. The van der Waals surface area contributed by atoms with E-state index in [-0.39, 0.29) is 5.91 Å². The normalized spacial score (nSPS) is 15.5. The highest BCUT2D eigenvalue weighted by atomic mass is 32.1. The zero-order chi connectivity index (χ0) is 14.4. The first-order valence-electron chi connectivity index (χ1n) is 7.25. The summed E-state index contributed by atoms with van der Waals surface area (Å²) in [5, 5.41) is 0. The number of carbonyl (C=O) groups excluding carboxylic acids is 1. The van der Waals surface area contributed by atoms with E-state index in [0.717, 1.165) is 16.3 Å². The second kappa shape index (κ2) is 7.47. The van der Waals surface area contributed by atoms with E-state index in [0.29, 0.717) is 12.5 Å². The number of carbonyl (C=O) groups is 1. The molecule has 108 valence electrons. The van der Waals surface area contributed by atoms with E-state index in [4.69, 9.17) is 5.73 Å². The van der Waals surface area contributed by atoms with Crippen LogP contribution in [-0.2, 0) is 0 Å². The maximum Gasteiger partial charge on any atom is 0.263 e. The minimum absolute atomic E-state index is 0.112. The molecule has 1 aromatic rings. The molecule has 20 heavy (non-hydrogen) atoms. The van der Waals surface area contributed by atoms with Crippen LogP contribution >= 0.6 is 11.3 Å². The van der Waals surface area contributed by atoms with Gasteiger partial charge in [-0.15, -0.1) is 11.3 Å². The van der Waals surface area contributed by atoms with Crippen LogP contribution in [0.2, 0.25) is 0 Å². The summed E-state index contributed by atoms with van der Waals surface area (Å²) in [6.07, 6.45) is 6.49. The molecule has 1 aliphatic carbocycles. The SMILES string of the molecule is CN(CC1CCCCC1)C(=O)c1ccc(C#CCN)s1. The second-order valence-corrected chi connectivity index (χ2v) is 6.44. The van der Waals surface area contributed by atoms with Crippen molar-refractivity contribution in [2.24, 2.45) is 11.7 Å². The van der Waals surface area contributed by atoms with Crippen LogP contribution in [0, 0.1) is 17.8 Å². The van der Waals surface area contributed by atoms with Gasteiger partial charge in [-0.25, -0.2) is 0 Å². The van der Waals surface area contributed by atoms with E-state index in [1.165, 1.54) is 43.4 Å². The molecule has 0 bridgehead atoms. The monoisotopic (exact) mass is 290 g/mol. The summed E-state index contributed by atoms with van der Waals surface area (Å²) in [6, 6.07) is 3.76. The predicted molar refractivity (Wildman–Crippen MR) is 83.8 cm³/mol. The molecule has 1 fully saturated rings. The maximum atomic E-state index is 12.4. The molecule has 0 aliphatic heterocycles. The minimum Gasteiger partial charge on any atom is -0.341 e. The third kappa shape index (κ3) is 4.09. The van der Waals surface area contributed by atoms with Gasteiger partial charge in [0, 0.05) is 13.6 Å². The molecule has 0 spiro atoms. The molecular formula is C16H22N2OS. The van der Waals surface area contributed by atoms with Crippen molar-refractivity contribution in [1.29, 1.82) is 0 Å². The van der Waals surface area contributed by atoms with Crippen molar-refractivity contribution in [3.63, 3.8) is 0 Å². The first-order valence-corrected chi connectivity index (χ1v) is 8.06. The van der Waals surface area contributed by atoms with Crippen molar-refractivity contribution < 1.29 is 4.79 Å². The number of nitrogens with two attached hydrogens (primary N) is 1. The number of hydrogen-bond donors (Lipinski definition) is 1. The standard InChI is InChI=1S/C16H22N2OS/c1-18(12-13-6-3-2-4-7-13)16(19)15-10-9-14(20-15)8-5-11-17/h9-10,13H,2-4,6-7,11-12,17H2,1H3. The Hall–Kier alpha value is -1.31. The van der Waals surface area contributed by atoms with Crippen molar-refractivity contribution in [3.05, 3.63) is 21.9 Å². The van der Waals surface area contributed by atoms with E-state index in [9.17, 15) is 4.79 Å². The lowest BCUT2D eigenvalue weighted by Crippen LogP contribution is -2.32. The van der Waals surface area contributed by atoms with Crippen LogP contribution in [0.15, 0.2) is 12.1 Å². The molecule has 2 rings (SSSR count). The lowest BCUT2D eigenvalue weighted by Gasteiger charge is -2.26. The van der Waals surface area contributed by atoms with Gasteiger partial charge in [-0.1, -0.05) is 31.1 Å². The first kappa shape index (κ1) is 15.1. The van der Waals surface area contributed by atoms with Gasteiger partial charge in [-0.05, 0) is 30.9 Å². The lowest BCUT2D eigenvalue weighted by molar-refractivity contribution is 0.0765. The summed E-state index contributed by atoms with van der Waals surface area (Å²) in [7, 11) is 1.90. The highest BCUT2D eigenvalue weighted by molar-refractivity contribution is 7.14. The maximum absolute atomic E-state index is 12.4. The van der Waals surface area contributed by atoms with Crippen LogP contribution < -0.4 is 5.73 Å². The molecule has 4 heteroatoms. The van der Waals surface area contributed by atoms with Gasteiger partial charge in [-0.2, -0.15) is 0 Å². The van der Waals surface area contributed by atoms with Crippen LogP contribution in [0.25, 0.3) is 0 Å². The fourth-order valence-electron chi connectivity index (χ4n) is 2.69. The fraction of sp³-hybridized carbons (Fsp3) is 0.562. The van der Waals surface area contributed by atoms with Crippen molar-refractivity contribution in [3.8, 4) is 11.8 Å². The molecule has 1 saturated carbocycles. The van der Waals surface area contributed by atoms with Crippen molar-refractivity contribution in [2.75, 3.05) is 20.1 Å². The lowest BCUT2D eigenvalue weighted by atomic mass is 9.89. The molecule has 0 radical (unpaired) electrons. The quantitative estimate of drug-likeness (QED) is 0.870. The first-order chi connectivity index (χ1) is 9.70. The molecule has 0 atom stereocenters. The Morgan fingerprint density at radius 2 is 2.15 bits per heavy atom. The molecule has 3 nitrogen and oxygen atoms in total. The number of nitrogens with zero attached hydrogens (tertiary/aromatic N) is 1. The molecule has 1 amide bonds. The van der Waals surface area contributed by atoms with Crippen molar-refractivity contribution >= 4 is 17.2 Å². The zero-order valence-electron chi connectivity index (χ0n) is 12.0. The third-order valence-corrected chi connectivity index (χ3v) is 4.72. The van der Waals surface area contributed by atoms with Gasteiger partial charge in [0.05, 0.1) is 16.3 Å². The van der Waals surface area contributed by atoms with Gasteiger partial charge in [0.25, 0.3) is 5.91 Å². The van der Waals surface area contributed by atoms with Gasteiger partial charge in [0.15, 0.2) is 0 Å². The Kier molecular flexibility index (Phi) is 5.63. The molecule has 1 aromatic heterocycles. The van der Waals surface area contributed by atoms with Crippen molar-refractivity contribution in [1.82, 2.24) is 4.90 Å². The van der Waals surface area contributed by atoms with E-state index in [2.05, 4.69) is 11.8 Å². The van der Waals surface area contributed by atoms with Gasteiger partial charge in [-0.3, -0.25) is 4.79 Å². The Balaban J connectivity index is 1.93. The number of amides is 1. The van der Waals surface area contributed by atoms with E-state index < -0.39 is 0 Å². The smallest absolute Gasteiger partial charge is 0.263 e. The summed E-state index contributed by atoms with van der Waals surface area (Å²) >= 11 is 1.45. The predicted octanol–water partition coefficient (Wildman–Crippen LogP) is 2.71. The van der Waals surface area contributed by atoms with Gasteiger partial charge < -0.3 is 10.6 Å².